The van der Waals surface area contributed by atoms with Gasteiger partial charge in [-0.25, -0.2) is 4.98 Å². The summed E-state index contributed by atoms with van der Waals surface area (Å²) in [5.41, 5.74) is -0.289. The Kier molecular flexibility index (Phi) is 4.64. The normalized spacial score (nSPS) is 10.4. The first-order chi connectivity index (χ1) is 10.2. The number of rotatable bonds is 7. The van der Waals surface area contributed by atoms with Gasteiger partial charge in [-0.3, -0.25) is 14.8 Å². The Balaban J connectivity index is 2.29. The van der Waals surface area contributed by atoms with E-state index in [1.54, 1.807) is 10.9 Å². The van der Waals surface area contributed by atoms with E-state index in [1.165, 1.54) is 12.5 Å². The number of aryl methyl sites for hydroxylation is 1. The van der Waals surface area contributed by atoms with Gasteiger partial charge in [-0.05, 0) is 13.3 Å². The van der Waals surface area contributed by atoms with Crippen LogP contribution < -0.4 is 10.1 Å². The molecule has 0 amide bonds. The van der Waals surface area contributed by atoms with Gasteiger partial charge in [0, 0.05) is 13.1 Å². The second-order valence-corrected chi connectivity index (χ2v) is 4.20. The molecule has 0 aliphatic carbocycles. The van der Waals surface area contributed by atoms with Crippen molar-refractivity contribution in [1.82, 2.24) is 19.7 Å². The van der Waals surface area contributed by atoms with Crippen LogP contribution in [0.2, 0.25) is 0 Å². The SMILES string of the molecule is CCCn1cc(Oc2ncnc(NCC)c2[N+](=O)[O-])cn1. The van der Waals surface area contributed by atoms with Crippen molar-refractivity contribution < 1.29 is 9.66 Å². The number of nitro groups is 1. The molecule has 0 aromatic carbocycles. The zero-order chi connectivity index (χ0) is 15.2. The summed E-state index contributed by atoms with van der Waals surface area (Å²) in [6, 6.07) is 0. The van der Waals surface area contributed by atoms with Crippen LogP contribution in [0.4, 0.5) is 11.5 Å². The minimum atomic E-state index is -0.566. The van der Waals surface area contributed by atoms with Crippen molar-refractivity contribution in [3.8, 4) is 11.6 Å². The Bertz CT molecular complexity index is 627. The molecule has 2 aromatic rings. The fourth-order valence-corrected chi connectivity index (χ4v) is 1.76. The van der Waals surface area contributed by atoms with Crippen molar-refractivity contribution >= 4 is 11.5 Å². The van der Waals surface area contributed by atoms with E-state index in [0.717, 1.165) is 13.0 Å². The molecule has 2 aromatic heterocycles. The molecule has 0 unspecified atom stereocenters. The number of hydrogen-bond acceptors (Lipinski definition) is 7. The molecular formula is C12H16N6O3. The van der Waals surface area contributed by atoms with Crippen LogP contribution in [0, 0.1) is 10.1 Å². The minimum Gasteiger partial charge on any atom is -0.430 e. The summed E-state index contributed by atoms with van der Waals surface area (Å²) in [7, 11) is 0. The molecule has 0 saturated carbocycles. The average Bonchev–Trinajstić information content (AvgIpc) is 2.87. The maximum atomic E-state index is 11.2. The van der Waals surface area contributed by atoms with Crippen LogP contribution in [-0.4, -0.2) is 31.2 Å². The number of aromatic nitrogens is 4. The van der Waals surface area contributed by atoms with E-state index in [-0.39, 0.29) is 17.4 Å². The summed E-state index contributed by atoms with van der Waals surface area (Å²) >= 11 is 0. The first-order valence-corrected chi connectivity index (χ1v) is 6.59. The third-order valence-electron chi connectivity index (χ3n) is 2.59. The lowest BCUT2D eigenvalue weighted by molar-refractivity contribution is -0.385. The van der Waals surface area contributed by atoms with Gasteiger partial charge in [0.1, 0.15) is 6.33 Å². The summed E-state index contributed by atoms with van der Waals surface area (Å²) < 4.78 is 7.17. The molecule has 0 radical (unpaired) electrons. The van der Waals surface area contributed by atoms with Crippen molar-refractivity contribution in [2.75, 3.05) is 11.9 Å². The molecule has 0 aliphatic heterocycles. The van der Waals surface area contributed by atoms with Crippen LogP contribution in [0.1, 0.15) is 20.3 Å². The zero-order valence-electron chi connectivity index (χ0n) is 11.8. The van der Waals surface area contributed by atoms with Crippen LogP contribution in [0.3, 0.4) is 0 Å². The van der Waals surface area contributed by atoms with E-state index in [0.29, 0.717) is 12.3 Å². The highest BCUT2D eigenvalue weighted by molar-refractivity contribution is 5.61. The number of anilines is 1. The van der Waals surface area contributed by atoms with Gasteiger partial charge >= 0.3 is 11.6 Å². The summed E-state index contributed by atoms with van der Waals surface area (Å²) in [5.74, 6) is 0.420. The van der Waals surface area contributed by atoms with Gasteiger partial charge in [0.15, 0.2) is 5.75 Å². The Labute approximate surface area is 121 Å². The molecule has 1 N–H and O–H groups in total. The van der Waals surface area contributed by atoms with Crippen LogP contribution in [0.25, 0.3) is 0 Å². The molecule has 0 bridgehead atoms. The molecule has 0 spiro atoms. The molecular weight excluding hydrogens is 276 g/mol. The van der Waals surface area contributed by atoms with Gasteiger partial charge in [0.2, 0.25) is 5.82 Å². The summed E-state index contributed by atoms with van der Waals surface area (Å²) in [4.78, 5) is 18.3. The zero-order valence-corrected chi connectivity index (χ0v) is 11.8. The summed E-state index contributed by atoms with van der Waals surface area (Å²) in [5, 5.41) is 18.1. The molecule has 0 fully saturated rings. The molecule has 0 atom stereocenters. The topological polar surface area (TPSA) is 108 Å². The number of ether oxygens (including phenoxy) is 1. The number of nitrogens with one attached hydrogen (secondary N) is 1. The van der Waals surface area contributed by atoms with Crippen molar-refractivity contribution in [3.05, 3.63) is 28.8 Å². The number of nitrogens with zero attached hydrogens (tertiary/aromatic N) is 5. The van der Waals surface area contributed by atoms with Gasteiger partial charge in [0.05, 0.1) is 17.3 Å². The van der Waals surface area contributed by atoms with Crippen molar-refractivity contribution in [3.63, 3.8) is 0 Å². The van der Waals surface area contributed by atoms with Crippen molar-refractivity contribution in [2.24, 2.45) is 0 Å². The van der Waals surface area contributed by atoms with E-state index in [9.17, 15) is 10.1 Å². The lowest BCUT2D eigenvalue weighted by Gasteiger charge is -2.06. The van der Waals surface area contributed by atoms with E-state index in [2.05, 4.69) is 20.4 Å². The predicted molar refractivity (Wildman–Crippen MR) is 75.4 cm³/mol. The lowest BCUT2D eigenvalue weighted by atomic mass is 10.4. The van der Waals surface area contributed by atoms with Crippen LogP contribution in [0.5, 0.6) is 11.6 Å². The molecule has 0 saturated heterocycles. The van der Waals surface area contributed by atoms with Gasteiger partial charge < -0.3 is 10.1 Å². The Morgan fingerprint density at radius 1 is 1.43 bits per heavy atom. The maximum absolute atomic E-state index is 11.2. The summed E-state index contributed by atoms with van der Waals surface area (Å²) in [6.45, 7) is 5.10. The van der Waals surface area contributed by atoms with Crippen LogP contribution >= 0.6 is 0 Å². The molecule has 9 heteroatoms. The monoisotopic (exact) mass is 292 g/mol. The molecule has 0 aliphatic rings. The quantitative estimate of drug-likeness (QED) is 0.615. The van der Waals surface area contributed by atoms with E-state index in [4.69, 9.17) is 4.74 Å². The Morgan fingerprint density at radius 2 is 2.24 bits per heavy atom. The molecule has 9 nitrogen and oxygen atoms in total. The van der Waals surface area contributed by atoms with Crippen molar-refractivity contribution in [1.29, 1.82) is 0 Å². The first-order valence-electron chi connectivity index (χ1n) is 6.59. The first kappa shape index (κ1) is 14.7. The largest absolute Gasteiger partial charge is 0.430 e. The van der Waals surface area contributed by atoms with E-state index in [1.807, 2.05) is 13.8 Å². The second-order valence-electron chi connectivity index (χ2n) is 4.20. The molecule has 2 rings (SSSR count). The van der Waals surface area contributed by atoms with Gasteiger partial charge in [0.25, 0.3) is 0 Å². The fraction of sp³-hybridized carbons (Fsp3) is 0.417. The lowest BCUT2D eigenvalue weighted by Crippen LogP contribution is -2.06. The standard InChI is InChI=1S/C12H16N6O3/c1-3-5-17-7-9(6-16-17)21-12-10(18(19)20)11(13-4-2)14-8-15-12/h6-8H,3-5H2,1-2H3,(H,13,14,15). The van der Waals surface area contributed by atoms with Crippen LogP contribution in [-0.2, 0) is 6.54 Å². The highest BCUT2D eigenvalue weighted by Gasteiger charge is 2.24. The fourth-order valence-electron chi connectivity index (χ4n) is 1.76. The predicted octanol–water partition coefficient (Wildman–Crippen LogP) is 2.22. The Hall–Kier alpha value is -2.71. The van der Waals surface area contributed by atoms with Gasteiger partial charge in [-0.2, -0.15) is 10.1 Å². The average molecular weight is 292 g/mol. The molecule has 2 heterocycles. The van der Waals surface area contributed by atoms with Gasteiger partial charge in [-0.1, -0.05) is 6.92 Å². The van der Waals surface area contributed by atoms with E-state index >= 15 is 0 Å². The minimum absolute atomic E-state index is 0.109. The third-order valence-corrected chi connectivity index (χ3v) is 2.59. The summed E-state index contributed by atoms with van der Waals surface area (Å²) in [6.07, 6.45) is 5.31. The third kappa shape index (κ3) is 3.44. The van der Waals surface area contributed by atoms with E-state index < -0.39 is 4.92 Å². The van der Waals surface area contributed by atoms with Gasteiger partial charge in [-0.15, -0.1) is 0 Å². The Morgan fingerprint density at radius 3 is 2.90 bits per heavy atom. The van der Waals surface area contributed by atoms with Crippen LogP contribution in [0.15, 0.2) is 18.7 Å². The number of hydrogen-bond donors (Lipinski definition) is 1. The highest BCUT2D eigenvalue weighted by atomic mass is 16.6. The molecule has 21 heavy (non-hydrogen) atoms. The second kappa shape index (κ2) is 6.64. The smallest absolute Gasteiger partial charge is 0.373 e. The van der Waals surface area contributed by atoms with Crippen molar-refractivity contribution in [2.45, 2.75) is 26.8 Å². The molecule has 112 valence electrons. The maximum Gasteiger partial charge on any atom is 0.373 e. The highest BCUT2D eigenvalue weighted by Crippen LogP contribution is 2.33.